The van der Waals surface area contributed by atoms with Gasteiger partial charge in [0.1, 0.15) is 0 Å². The first kappa shape index (κ1) is 10.3. The first-order valence-corrected chi connectivity index (χ1v) is 6.14. The molecule has 1 spiro atoms. The van der Waals surface area contributed by atoms with Crippen LogP contribution in [0.3, 0.4) is 0 Å². The van der Waals surface area contributed by atoms with Crippen molar-refractivity contribution < 1.29 is 0 Å². The van der Waals surface area contributed by atoms with Crippen LogP contribution in [0, 0.1) is 0 Å². The number of fused-ring (bicyclic) bond motifs is 2. The van der Waals surface area contributed by atoms with Crippen molar-refractivity contribution in [2.45, 2.75) is 24.4 Å². The summed E-state index contributed by atoms with van der Waals surface area (Å²) in [7, 11) is 0. The largest absolute Gasteiger partial charge is 0.329 e. The van der Waals surface area contributed by atoms with Gasteiger partial charge in [0.2, 0.25) is 0 Å². The zero-order valence-corrected chi connectivity index (χ0v) is 9.50. The fourth-order valence-corrected chi connectivity index (χ4v) is 3.18. The quantitative estimate of drug-likeness (QED) is 0.654. The van der Waals surface area contributed by atoms with Gasteiger partial charge in [-0.25, -0.2) is 0 Å². The summed E-state index contributed by atoms with van der Waals surface area (Å²) in [4.78, 5) is 0. The third-order valence-electron chi connectivity index (χ3n) is 4.00. The normalized spacial score (nSPS) is 26.9. The van der Waals surface area contributed by atoms with Crippen LogP contribution in [-0.4, -0.2) is 19.6 Å². The molecule has 3 rings (SSSR count). The first-order valence-electron chi connectivity index (χ1n) is 6.14. The van der Waals surface area contributed by atoms with Crippen molar-refractivity contribution in [1.29, 1.82) is 0 Å². The molecule has 2 aliphatic heterocycles. The topological polar surface area (TPSA) is 50.1 Å². The van der Waals surface area contributed by atoms with Gasteiger partial charge in [-0.1, -0.05) is 24.3 Å². The Hall–Kier alpha value is -0.900. The monoisotopic (exact) mass is 217 g/mol. The average molecular weight is 217 g/mol. The van der Waals surface area contributed by atoms with Gasteiger partial charge in [0, 0.05) is 18.1 Å². The minimum absolute atomic E-state index is 0.186. The molecule has 3 nitrogen and oxygen atoms in total. The highest BCUT2D eigenvalue weighted by Gasteiger charge is 2.42. The lowest BCUT2D eigenvalue weighted by molar-refractivity contribution is 0.248. The molecule has 0 saturated carbocycles. The van der Waals surface area contributed by atoms with E-state index in [0.717, 1.165) is 13.1 Å². The molecule has 0 amide bonds. The maximum atomic E-state index is 5.86. The van der Waals surface area contributed by atoms with Crippen molar-refractivity contribution in [2.75, 3.05) is 19.6 Å². The number of hydrogen-bond donors (Lipinski definition) is 3. The van der Waals surface area contributed by atoms with E-state index in [4.69, 9.17) is 5.73 Å². The zero-order chi connectivity index (χ0) is 11.0. The molecule has 0 aliphatic carbocycles. The Morgan fingerprint density at radius 1 is 1.25 bits per heavy atom. The highest BCUT2D eigenvalue weighted by Crippen LogP contribution is 2.42. The molecule has 0 aromatic heterocycles. The van der Waals surface area contributed by atoms with E-state index in [1.54, 1.807) is 0 Å². The molecule has 0 radical (unpaired) electrons. The molecule has 3 heteroatoms. The van der Waals surface area contributed by atoms with E-state index in [1.165, 1.54) is 24.0 Å². The van der Waals surface area contributed by atoms with Crippen molar-refractivity contribution in [3.8, 4) is 0 Å². The molecule has 1 atom stereocenters. The molecule has 1 aromatic rings. The van der Waals surface area contributed by atoms with Crippen molar-refractivity contribution in [3.05, 3.63) is 35.4 Å². The van der Waals surface area contributed by atoms with Gasteiger partial charge >= 0.3 is 0 Å². The molecule has 86 valence electrons. The first-order chi connectivity index (χ1) is 7.86. The van der Waals surface area contributed by atoms with E-state index in [-0.39, 0.29) is 5.54 Å². The summed E-state index contributed by atoms with van der Waals surface area (Å²) >= 11 is 0. The van der Waals surface area contributed by atoms with E-state index in [1.807, 2.05) is 0 Å². The Bertz CT molecular complexity index is 383. The number of rotatable bonds is 1. The second-order valence-corrected chi connectivity index (χ2v) is 4.85. The fraction of sp³-hybridized carbons (Fsp3) is 0.538. The van der Waals surface area contributed by atoms with Crippen LogP contribution >= 0.6 is 0 Å². The van der Waals surface area contributed by atoms with Gasteiger partial charge in [-0.2, -0.15) is 0 Å². The van der Waals surface area contributed by atoms with Crippen molar-refractivity contribution in [2.24, 2.45) is 5.73 Å². The molecule has 1 fully saturated rings. The van der Waals surface area contributed by atoms with E-state index in [2.05, 4.69) is 34.9 Å². The second kappa shape index (κ2) is 3.84. The Morgan fingerprint density at radius 2 is 2.00 bits per heavy atom. The van der Waals surface area contributed by atoms with Gasteiger partial charge in [-0.15, -0.1) is 0 Å². The number of nitrogens with one attached hydrogen (secondary N) is 2. The van der Waals surface area contributed by atoms with Crippen LogP contribution in [0.15, 0.2) is 24.3 Å². The van der Waals surface area contributed by atoms with Crippen LogP contribution in [0.25, 0.3) is 0 Å². The summed E-state index contributed by atoms with van der Waals surface area (Å²) in [6.45, 7) is 2.88. The Morgan fingerprint density at radius 3 is 2.75 bits per heavy atom. The van der Waals surface area contributed by atoms with E-state index < -0.39 is 0 Å². The summed E-state index contributed by atoms with van der Waals surface area (Å²) in [5.41, 5.74) is 8.93. The molecular weight excluding hydrogens is 198 g/mol. The molecule has 1 saturated heterocycles. The van der Waals surface area contributed by atoms with Gasteiger partial charge in [0.25, 0.3) is 0 Å². The summed E-state index contributed by atoms with van der Waals surface area (Å²) in [5, 5.41) is 7.18. The molecule has 16 heavy (non-hydrogen) atoms. The van der Waals surface area contributed by atoms with Crippen molar-refractivity contribution >= 4 is 0 Å². The summed E-state index contributed by atoms with van der Waals surface area (Å²) in [5.74, 6) is 0. The van der Waals surface area contributed by atoms with Gasteiger partial charge in [-0.05, 0) is 37.1 Å². The number of nitrogens with two attached hydrogens (primary N) is 1. The number of benzene rings is 1. The Labute approximate surface area is 96.4 Å². The highest BCUT2D eigenvalue weighted by atomic mass is 15.1. The molecule has 2 heterocycles. The minimum Gasteiger partial charge on any atom is -0.329 e. The lowest BCUT2D eigenvalue weighted by atomic mass is 9.82. The predicted octanol–water partition coefficient (Wildman–Crippen LogP) is 0.868. The van der Waals surface area contributed by atoms with Crippen LogP contribution in [0.1, 0.15) is 30.0 Å². The van der Waals surface area contributed by atoms with Gasteiger partial charge in [0.05, 0.1) is 0 Å². The standard InChI is InChI=1S/C13H19N3/c14-9-12-10-3-1-2-4-11(10)13(16-12)5-7-15-8-6-13/h1-4,12,15-16H,5-9,14H2. The van der Waals surface area contributed by atoms with Crippen LogP contribution in [0.5, 0.6) is 0 Å². The molecule has 4 N–H and O–H groups in total. The van der Waals surface area contributed by atoms with Crippen LogP contribution in [0.4, 0.5) is 0 Å². The van der Waals surface area contributed by atoms with E-state index in [0.29, 0.717) is 12.6 Å². The van der Waals surface area contributed by atoms with Crippen LogP contribution in [-0.2, 0) is 5.54 Å². The second-order valence-electron chi connectivity index (χ2n) is 4.85. The molecule has 1 aromatic carbocycles. The molecule has 2 aliphatic rings. The molecule has 1 unspecified atom stereocenters. The summed E-state index contributed by atoms with van der Waals surface area (Å²) in [6.07, 6.45) is 2.33. The maximum absolute atomic E-state index is 5.86. The maximum Gasteiger partial charge on any atom is 0.0467 e. The van der Waals surface area contributed by atoms with Crippen molar-refractivity contribution in [3.63, 3.8) is 0 Å². The van der Waals surface area contributed by atoms with Crippen LogP contribution < -0.4 is 16.4 Å². The highest BCUT2D eigenvalue weighted by molar-refractivity contribution is 5.41. The minimum atomic E-state index is 0.186. The SMILES string of the molecule is NCC1NC2(CCNCC2)c2ccccc21. The Balaban J connectivity index is 2.04. The summed E-state index contributed by atoms with van der Waals surface area (Å²) in [6, 6.07) is 9.08. The predicted molar refractivity (Wildman–Crippen MR) is 65.2 cm³/mol. The molecule has 0 bridgehead atoms. The Kier molecular flexibility index (Phi) is 2.46. The smallest absolute Gasteiger partial charge is 0.0467 e. The lowest BCUT2D eigenvalue weighted by Gasteiger charge is -2.36. The van der Waals surface area contributed by atoms with Crippen LogP contribution in [0.2, 0.25) is 0 Å². The van der Waals surface area contributed by atoms with E-state index in [9.17, 15) is 0 Å². The van der Waals surface area contributed by atoms with Gasteiger partial charge in [0.15, 0.2) is 0 Å². The average Bonchev–Trinajstić information content (AvgIpc) is 2.66. The number of hydrogen-bond acceptors (Lipinski definition) is 3. The van der Waals surface area contributed by atoms with Crippen molar-refractivity contribution in [1.82, 2.24) is 10.6 Å². The van der Waals surface area contributed by atoms with Gasteiger partial charge in [-0.3, -0.25) is 5.32 Å². The zero-order valence-electron chi connectivity index (χ0n) is 9.50. The van der Waals surface area contributed by atoms with Gasteiger partial charge < -0.3 is 11.1 Å². The summed E-state index contributed by atoms with van der Waals surface area (Å²) < 4.78 is 0. The third-order valence-corrected chi connectivity index (χ3v) is 4.00. The number of piperidine rings is 1. The van der Waals surface area contributed by atoms with E-state index >= 15 is 0 Å². The fourth-order valence-electron chi connectivity index (χ4n) is 3.18. The third kappa shape index (κ3) is 1.39. The molecular formula is C13H19N3. The lowest BCUT2D eigenvalue weighted by Crippen LogP contribution is -2.47.